The van der Waals surface area contributed by atoms with Crippen LogP contribution in [0.4, 0.5) is 4.39 Å². The lowest BCUT2D eigenvalue weighted by molar-refractivity contribution is 0.111. The zero-order chi connectivity index (χ0) is 26.6. The number of halogens is 2. The summed E-state index contributed by atoms with van der Waals surface area (Å²) in [6, 6.07) is 11.6. The largest absolute Gasteiger partial charge is 0.452 e. The molecule has 1 aliphatic carbocycles. The number of rotatable bonds is 4. The Labute approximate surface area is 223 Å². The summed E-state index contributed by atoms with van der Waals surface area (Å²) in [5, 5.41) is 11.1. The second-order valence-electron chi connectivity index (χ2n) is 9.86. The summed E-state index contributed by atoms with van der Waals surface area (Å²) in [6.45, 7) is 1.97. The van der Waals surface area contributed by atoms with Crippen molar-refractivity contribution in [1.82, 2.24) is 19.1 Å². The van der Waals surface area contributed by atoms with Crippen LogP contribution in [-0.4, -0.2) is 30.3 Å². The second kappa shape index (κ2) is 9.53. The van der Waals surface area contributed by atoms with Crippen molar-refractivity contribution in [1.29, 1.82) is 0 Å². The number of hydrogen-bond donors (Lipinski definition) is 1. The van der Waals surface area contributed by atoms with E-state index < -0.39 is 5.82 Å². The molecule has 6 rings (SSSR count). The van der Waals surface area contributed by atoms with Gasteiger partial charge in [-0.05, 0) is 62.9 Å². The number of benzene rings is 2. The number of imidazole rings is 1. The Morgan fingerprint density at radius 1 is 1.08 bits per heavy atom. The average molecular weight is 533 g/mol. The molecular formula is C29H26ClFN4O3. The predicted octanol–water partition coefficient (Wildman–Crippen LogP) is 6.32. The molecule has 194 valence electrons. The van der Waals surface area contributed by atoms with E-state index in [0.29, 0.717) is 27.4 Å². The number of aliphatic hydroxyl groups excluding tert-OH is 1. The third kappa shape index (κ3) is 4.23. The molecule has 0 saturated heterocycles. The van der Waals surface area contributed by atoms with E-state index in [1.165, 1.54) is 10.6 Å². The Bertz CT molecular complexity index is 1760. The maximum Gasteiger partial charge on any atom is 0.293 e. The molecule has 0 atom stereocenters. The van der Waals surface area contributed by atoms with E-state index in [9.17, 15) is 9.90 Å². The van der Waals surface area contributed by atoms with Crippen LogP contribution >= 0.6 is 11.6 Å². The Morgan fingerprint density at radius 2 is 1.87 bits per heavy atom. The maximum atomic E-state index is 15.4. The number of hydrogen-bond acceptors (Lipinski definition) is 5. The number of aryl methyl sites for hydroxylation is 2. The van der Waals surface area contributed by atoms with Gasteiger partial charge in [-0.15, -0.1) is 0 Å². The van der Waals surface area contributed by atoms with Crippen LogP contribution in [0.5, 0.6) is 11.5 Å². The highest BCUT2D eigenvalue weighted by Gasteiger charge is 2.25. The molecular weight excluding hydrogens is 507 g/mol. The molecule has 3 heterocycles. The fourth-order valence-corrected chi connectivity index (χ4v) is 5.71. The Balaban J connectivity index is 1.45. The van der Waals surface area contributed by atoms with Crippen LogP contribution < -0.4 is 10.3 Å². The lowest BCUT2D eigenvalue weighted by Crippen LogP contribution is -2.21. The standard InChI is InChI=1S/C29H26ClFN4O3/c1-16-33-26-15-32-25-14-24(31)21(13-22(25)28(26)35(16)17-5-7-18(36)8-6-17)20-10-9-19(12-23(20)30)38-27-4-3-11-34(2)29(27)37/h3-4,9-15,17-18,36H,5-8H2,1-2H3/t17-,18-. The molecule has 0 amide bonds. The van der Waals surface area contributed by atoms with Gasteiger partial charge in [0.2, 0.25) is 0 Å². The van der Waals surface area contributed by atoms with Crippen LogP contribution in [-0.2, 0) is 7.05 Å². The minimum Gasteiger partial charge on any atom is -0.452 e. The average Bonchev–Trinajstić information content (AvgIpc) is 3.23. The fraction of sp³-hybridized carbons (Fsp3) is 0.276. The van der Waals surface area contributed by atoms with E-state index in [4.69, 9.17) is 21.3 Å². The van der Waals surface area contributed by atoms with E-state index in [1.54, 1.807) is 55.8 Å². The van der Waals surface area contributed by atoms with Crippen LogP contribution in [0.2, 0.25) is 5.02 Å². The van der Waals surface area contributed by atoms with E-state index in [0.717, 1.165) is 47.9 Å². The molecule has 2 aromatic carbocycles. The summed E-state index contributed by atoms with van der Waals surface area (Å²) in [4.78, 5) is 21.5. The molecule has 0 aliphatic heterocycles. The number of ether oxygens (including phenoxy) is 1. The normalized spacial score (nSPS) is 17.8. The first-order valence-corrected chi connectivity index (χ1v) is 13.0. The monoisotopic (exact) mass is 532 g/mol. The fourth-order valence-electron chi connectivity index (χ4n) is 5.44. The third-order valence-corrected chi connectivity index (χ3v) is 7.67. The van der Waals surface area contributed by atoms with Crippen molar-refractivity contribution in [3.05, 3.63) is 81.9 Å². The highest BCUT2D eigenvalue weighted by atomic mass is 35.5. The molecule has 0 spiro atoms. The van der Waals surface area contributed by atoms with E-state index in [-0.39, 0.29) is 23.5 Å². The quantitative estimate of drug-likeness (QED) is 0.293. The van der Waals surface area contributed by atoms with Gasteiger partial charge in [0.1, 0.15) is 22.9 Å². The van der Waals surface area contributed by atoms with Gasteiger partial charge in [-0.3, -0.25) is 9.78 Å². The van der Waals surface area contributed by atoms with Crippen LogP contribution in [0.15, 0.2) is 59.7 Å². The van der Waals surface area contributed by atoms with Gasteiger partial charge in [-0.25, -0.2) is 9.37 Å². The van der Waals surface area contributed by atoms with Crippen LogP contribution in [0, 0.1) is 12.7 Å². The summed E-state index contributed by atoms with van der Waals surface area (Å²) < 4.78 is 24.8. The minimum atomic E-state index is -0.444. The lowest BCUT2D eigenvalue weighted by atomic mass is 9.92. The number of aromatic nitrogens is 4. The molecule has 0 radical (unpaired) electrons. The minimum absolute atomic E-state index is 0.169. The van der Waals surface area contributed by atoms with Crippen LogP contribution in [0.1, 0.15) is 37.5 Å². The highest BCUT2D eigenvalue weighted by Crippen LogP contribution is 2.39. The SMILES string of the molecule is Cc1nc2cnc3cc(F)c(-c4ccc(Oc5cccn(C)c5=O)cc4Cl)cc3c2n1[C@H]1CC[C@H](O)CC1. The van der Waals surface area contributed by atoms with Crippen molar-refractivity contribution in [2.45, 2.75) is 44.8 Å². The van der Waals surface area contributed by atoms with Crippen LogP contribution in [0.3, 0.4) is 0 Å². The summed E-state index contributed by atoms with van der Waals surface area (Å²) in [5.41, 5.74) is 2.75. The zero-order valence-electron chi connectivity index (χ0n) is 21.0. The van der Waals surface area contributed by atoms with Gasteiger partial charge in [0, 0.05) is 47.9 Å². The Kier molecular flexibility index (Phi) is 6.16. The summed E-state index contributed by atoms with van der Waals surface area (Å²) in [7, 11) is 1.64. The zero-order valence-corrected chi connectivity index (χ0v) is 21.7. The smallest absolute Gasteiger partial charge is 0.293 e. The molecule has 0 unspecified atom stereocenters. The number of pyridine rings is 2. The molecule has 38 heavy (non-hydrogen) atoms. The Hall–Kier alpha value is -3.75. The molecule has 1 saturated carbocycles. The molecule has 9 heteroatoms. The highest BCUT2D eigenvalue weighted by molar-refractivity contribution is 6.33. The van der Waals surface area contributed by atoms with Crippen molar-refractivity contribution in [2.24, 2.45) is 7.05 Å². The molecule has 5 aromatic rings. The molecule has 3 aromatic heterocycles. The topological polar surface area (TPSA) is 82.2 Å². The van der Waals surface area contributed by atoms with Gasteiger partial charge in [0.05, 0.1) is 28.4 Å². The van der Waals surface area contributed by atoms with Gasteiger partial charge in [-0.2, -0.15) is 0 Å². The molecule has 1 N–H and O–H groups in total. The molecule has 0 bridgehead atoms. The van der Waals surface area contributed by atoms with Crippen molar-refractivity contribution in [3.8, 4) is 22.6 Å². The van der Waals surface area contributed by atoms with E-state index in [1.807, 2.05) is 6.92 Å². The third-order valence-electron chi connectivity index (χ3n) is 7.36. The van der Waals surface area contributed by atoms with E-state index in [2.05, 4.69) is 9.55 Å². The van der Waals surface area contributed by atoms with Crippen molar-refractivity contribution < 1.29 is 14.2 Å². The lowest BCUT2D eigenvalue weighted by Gasteiger charge is -2.28. The van der Waals surface area contributed by atoms with Gasteiger partial charge >= 0.3 is 0 Å². The van der Waals surface area contributed by atoms with Crippen molar-refractivity contribution in [3.63, 3.8) is 0 Å². The molecule has 7 nitrogen and oxygen atoms in total. The summed E-state index contributed by atoms with van der Waals surface area (Å²) >= 11 is 6.63. The van der Waals surface area contributed by atoms with Crippen molar-refractivity contribution >= 4 is 33.5 Å². The first-order chi connectivity index (χ1) is 18.3. The summed E-state index contributed by atoms with van der Waals surface area (Å²) in [6.07, 6.45) is 6.25. The number of aliphatic hydroxyl groups is 1. The van der Waals surface area contributed by atoms with Crippen LogP contribution in [0.25, 0.3) is 33.1 Å². The van der Waals surface area contributed by atoms with E-state index >= 15 is 4.39 Å². The van der Waals surface area contributed by atoms with Gasteiger partial charge < -0.3 is 19.0 Å². The first-order valence-electron chi connectivity index (χ1n) is 12.6. The van der Waals surface area contributed by atoms with Gasteiger partial charge in [0.15, 0.2) is 5.75 Å². The van der Waals surface area contributed by atoms with Crippen molar-refractivity contribution in [2.75, 3.05) is 0 Å². The molecule has 1 aliphatic rings. The maximum absolute atomic E-state index is 15.4. The Morgan fingerprint density at radius 3 is 2.63 bits per heavy atom. The predicted molar refractivity (Wildman–Crippen MR) is 145 cm³/mol. The molecule has 1 fully saturated rings. The first kappa shape index (κ1) is 24.6. The second-order valence-corrected chi connectivity index (χ2v) is 10.3. The van der Waals surface area contributed by atoms with Gasteiger partial charge in [-0.1, -0.05) is 11.6 Å². The number of fused-ring (bicyclic) bond motifs is 3. The number of nitrogens with zero attached hydrogens (tertiary/aromatic N) is 4. The summed E-state index contributed by atoms with van der Waals surface area (Å²) in [5.74, 6) is 0.970. The van der Waals surface area contributed by atoms with Gasteiger partial charge in [0.25, 0.3) is 5.56 Å².